The molecular weight excluding hydrogens is 342 g/mol. The number of esters is 1. The third-order valence-corrected chi connectivity index (χ3v) is 3.99. The van der Waals surface area contributed by atoms with Gasteiger partial charge in [0.25, 0.3) is 0 Å². The zero-order chi connectivity index (χ0) is 17.2. The van der Waals surface area contributed by atoms with Gasteiger partial charge >= 0.3 is 5.97 Å². The topological polar surface area (TPSA) is 85.7 Å². The van der Waals surface area contributed by atoms with Crippen LogP contribution in [0.2, 0.25) is 5.02 Å². The second kappa shape index (κ2) is 6.37. The lowest BCUT2D eigenvalue weighted by Crippen LogP contribution is -2.08. The highest BCUT2D eigenvalue weighted by molar-refractivity contribution is 6.30. The van der Waals surface area contributed by atoms with Crippen LogP contribution < -0.4 is 0 Å². The largest absolute Gasteiger partial charge is 0.457 e. The first kappa shape index (κ1) is 15.3. The van der Waals surface area contributed by atoms with Crippen LogP contribution in [0.1, 0.15) is 15.9 Å². The molecule has 0 bridgehead atoms. The van der Waals surface area contributed by atoms with Crippen LogP contribution in [0.15, 0.2) is 55.4 Å². The summed E-state index contributed by atoms with van der Waals surface area (Å²) in [5.74, 6) is -0.425. The lowest BCUT2D eigenvalue weighted by molar-refractivity contribution is 0.0475. The van der Waals surface area contributed by atoms with Gasteiger partial charge in [-0.1, -0.05) is 17.7 Å². The summed E-state index contributed by atoms with van der Waals surface area (Å²) in [6.45, 7) is 0.0828. The molecule has 0 aliphatic rings. The van der Waals surface area contributed by atoms with Crippen LogP contribution in [0.4, 0.5) is 0 Å². The predicted octanol–water partition coefficient (Wildman–Crippen LogP) is 3.15. The molecule has 1 aromatic carbocycles. The second-order valence-corrected chi connectivity index (χ2v) is 5.72. The van der Waals surface area contributed by atoms with E-state index in [4.69, 9.17) is 16.3 Å². The summed E-state index contributed by atoms with van der Waals surface area (Å²) < 4.78 is 7.06. The highest BCUT2D eigenvalue weighted by atomic mass is 35.5. The van der Waals surface area contributed by atoms with Crippen molar-refractivity contribution in [2.75, 3.05) is 0 Å². The Bertz CT molecular complexity index is 1040. The molecule has 0 unspecified atom stereocenters. The molecule has 1 N–H and O–H groups in total. The number of pyridine rings is 1. The van der Waals surface area contributed by atoms with Crippen molar-refractivity contribution in [3.05, 3.63) is 71.5 Å². The highest BCUT2D eigenvalue weighted by Gasteiger charge is 2.14. The van der Waals surface area contributed by atoms with Crippen LogP contribution in [-0.2, 0) is 11.3 Å². The normalized spacial score (nSPS) is 10.9. The smallest absolute Gasteiger partial charge is 0.339 e. The Hall–Kier alpha value is -3.19. The molecule has 25 heavy (non-hydrogen) atoms. The van der Waals surface area contributed by atoms with Gasteiger partial charge in [-0.15, -0.1) is 0 Å². The van der Waals surface area contributed by atoms with E-state index in [0.717, 1.165) is 10.9 Å². The standard InChI is InChI=1S/C17H12ClN5O2/c18-12-2-1-11(15(7-12)23-10-19-9-22-23)8-25-17(24)14-4-6-21-16-13(14)3-5-20-16/h1-7,9-10H,8H2,(H,20,21). The molecular formula is C17H12ClN5O2. The maximum absolute atomic E-state index is 12.5. The minimum absolute atomic E-state index is 0.0828. The van der Waals surface area contributed by atoms with Crippen molar-refractivity contribution in [3.8, 4) is 5.69 Å². The van der Waals surface area contributed by atoms with E-state index in [-0.39, 0.29) is 6.61 Å². The fraction of sp³-hybridized carbons (Fsp3) is 0.0588. The number of rotatable bonds is 4. The lowest BCUT2D eigenvalue weighted by atomic mass is 10.2. The first-order chi connectivity index (χ1) is 12.2. The number of benzene rings is 1. The van der Waals surface area contributed by atoms with Crippen LogP contribution >= 0.6 is 11.6 Å². The number of hydrogen-bond donors (Lipinski definition) is 1. The number of H-pyrrole nitrogens is 1. The minimum atomic E-state index is -0.425. The van der Waals surface area contributed by atoms with E-state index in [0.29, 0.717) is 21.9 Å². The third-order valence-electron chi connectivity index (χ3n) is 3.75. The Kier molecular flexibility index (Phi) is 3.91. The molecule has 4 rings (SSSR count). The molecule has 0 amide bonds. The molecule has 7 nitrogen and oxygen atoms in total. The average Bonchev–Trinajstić information content (AvgIpc) is 3.31. The summed E-state index contributed by atoms with van der Waals surface area (Å²) in [7, 11) is 0. The van der Waals surface area contributed by atoms with Gasteiger partial charge in [0, 0.05) is 28.4 Å². The molecule has 0 spiro atoms. The minimum Gasteiger partial charge on any atom is -0.457 e. The molecule has 0 fully saturated rings. The van der Waals surface area contributed by atoms with Gasteiger partial charge in [0.2, 0.25) is 0 Å². The van der Waals surface area contributed by atoms with Crippen LogP contribution in [0, 0.1) is 0 Å². The van der Waals surface area contributed by atoms with E-state index >= 15 is 0 Å². The molecule has 3 heterocycles. The molecule has 124 valence electrons. The highest BCUT2D eigenvalue weighted by Crippen LogP contribution is 2.21. The number of aromatic amines is 1. The summed E-state index contributed by atoms with van der Waals surface area (Å²) in [5.41, 5.74) is 2.58. The summed E-state index contributed by atoms with van der Waals surface area (Å²) >= 11 is 6.07. The van der Waals surface area contributed by atoms with E-state index in [1.807, 2.05) is 0 Å². The average molecular weight is 354 g/mol. The summed E-state index contributed by atoms with van der Waals surface area (Å²) in [5, 5.41) is 5.38. The number of nitrogens with one attached hydrogen (secondary N) is 1. The van der Waals surface area contributed by atoms with Gasteiger partial charge in [0.1, 0.15) is 24.9 Å². The second-order valence-electron chi connectivity index (χ2n) is 5.29. The van der Waals surface area contributed by atoms with Crippen molar-refractivity contribution in [2.24, 2.45) is 0 Å². The number of carbonyl (C=O) groups is 1. The maximum atomic E-state index is 12.5. The molecule has 0 radical (unpaired) electrons. The van der Waals surface area contributed by atoms with Crippen LogP contribution in [-0.4, -0.2) is 30.7 Å². The van der Waals surface area contributed by atoms with Gasteiger partial charge in [-0.3, -0.25) is 0 Å². The van der Waals surface area contributed by atoms with Crippen molar-refractivity contribution >= 4 is 28.6 Å². The number of fused-ring (bicyclic) bond motifs is 1. The summed E-state index contributed by atoms with van der Waals surface area (Å²) in [6, 6.07) is 8.71. The number of halogens is 1. The monoisotopic (exact) mass is 353 g/mol. The Morgan fingerprint density at radius 1 is 1.28 bits per heavy atom. The van der Waals surface area contributed by atoms with Gasteiger partial charge in [-0.05, 0) is 24.3 Å². The third kappa shape index (κ3) is 2.97. The van der Waals surface area contributed by atoms with Crippen molar-refractivity contribution in [1.29, 1.82) is 0 Å². The van der Waals surface area contributed by atoms with E-state index in [9.17, 15) is 4.79 Å². The van der Waals surface area contributed by atoms with Crippen LogP contribution in [0.3, 0.4) is 0 Å². The number of ether oxygens (including phenoxy) is 1. The number of aromatic nitrogens is 5. The van der Waals surface area contributed by atoms with Crippen molar-refractivity contribution in [1.82, 2.24) is 24.7 Å². The van der Waals surface area contributed by atoms with E-state index in [1.54, 1.807) is 53.7 Å². The Morgan fingerprint density at radius 2 is 2.20 bits per heavy atom. The van der Waals surface area contributed by atoms with Gasteiger partial charge in [-0.25, -0.2) is 19.4 Å². The molecule has 0 aliphatic heterocycles. The molecule has 0 aliphatic carbocycles. The van der Waals surface area contributed by atoms with Crippen molar-refractivity contribution < 1.29 is 9.53 Å². The fourth-order valence-electron chi connectivity index (χ4n) is 2.56. The molecule has 8 heteroatoms. The molecule has 0 saturated heterocycles. The van der Waals surface area contributed by atoms with Gasteiger partial charge in [-0.2, -0.15) is 5.10 Å². The van der Waals surface area contributed by atoms with Gasteiger partial charge in [0.05, 0.1) is 11.3 Å². The summed E-state index contributed by atoms with van der Waals surface area (Å²) in [4.78, 5) is 23.5. The SMILES string of the molecule is O=C(OCc1ccc(Cl)cc1-n1cncn1)c1ccnc2[nH]ccc12. The van der Waals surface area contributed by atoms with Gasteiger partial charge in [0.15, 0.2) is 0 Å². The number of hydrogen-bond acceptors (Lipinski definition) is 5. The predicted molar refractivity (Wildman–Crippen MR) is 91.6 cm³/mol. The van der Waals surface area contributed by atoms with Crippen molar-refractivity contribution in [3.63, 3.8) is 0 Å². The Labute approximate surface area is 147 Å². The van der Waals surface area contributed by atoms with Gasteiger partial charge < -0.3 is 9.72 Å². The van der Waals surface area contributed by atoms with Crippen LogP contribution in [0.25, 0.3) is 16.7 Å². The zero-order valence-corrected chi connectivity index (χ0v) is 13.6. The lowest BCUT2D eigenvalue weighted by Gasteiger charge is -2.11. The van der Waals surface area contributed by atoms with E-state index < -0.39 is 5.97 Å². The quantitative estimate of drug-likeness (QED) is 0.569. The first-order valence-electron chi connectivity index (χ1n) is 7.45. The molecule has 4 aromatic rings. The summed E-state index contributed by atoms with van der Waals surface area (Å²) in [6.07, 6.45) is 6.29. The Morgan fingerprint density at radius 3 is 3.04 bits per heavy atom. The maximum Gasteiger partial charge on any atom is 0.339 e. The number of nitrogens with zero attached hydrogens (tertiary/aromatic N) is 4. The van der Waals surface area contributed by atoms with E-state index in [2.05, 4.69) is 20.1 Å². The molecule has 3 aromatic heterocycles. The van der Waals surface area contributed by atoms with Crippen LogP contribution in [0.5, 0.6) is 0 Å². The zero-order valence-electron chi connectivity index (χ0n) is 12.9. The molecule has 0 atom stereocenters. The fourth-order valence-corrected chi connectivity index (χ4v) is 2.73. The first-order valence-corrected chi connectivity index (χ1v) is 7.83. The van der Waals surface area contributed by atoms with E-state index in [1.165, 1.54) is 6.33 Å². The molecule has 0 saturated carbocycles. The Balaban J connectivity index is 1.60. The number of carbonyl (C=O) groups excluding carboxylic acids is 1. The van der Waals surface area contributed by atoms with Crippen molar-refractivity contribution in [2.45, 2.75) is 6.61 Å².